The third-order valence-corrected chi connectivity index (χ3v) is 5.63. The second kappa shape index (κ2) is 8.98. The van der Waals surface area contributed by atoms with Crippen LogP contribution in [0.3, 0.4) is 0 Å². The van der Waals surface area contributed by atoms with Crippen molar-refractivity contribution < 1.29 is 23.0 Å². The van der Waals surface area contributed by atoms with Gasteiger partial charge in [0, 0.05) is 22.8 Å². The molecule has 2 rings (SSSR count). The van der Waals surface area contributed by atoms with E-state index in [4.69, 9.17) is 4.74 Å². The molecule has 2 aromatic carbocycles. The minimum Gasteiger partial charge on any atom is -0.371 e. The van der Waals surface area contributed by atoms with Gasteiger partial charge in [0.05, 0.1) is 0 Å². The Bertz CT molecular complexity index is 638. The highest BCUT2D eigenvalue weighted by Crippen LogP contribution is 2.48. The van der Waals surface area contributed by atoms with Gasteiger partial charge >= 0.3 is 6.18 Å². The van der Waals surface area contributed by atoms with Crippen molar-refractivity contribution in [2.45, 2.75) is 39.7 Å². The van der Waals surface area contributed by atoms with E-state index in [-0.39, 0.29) is 6.61 Å². The molecule has 1 N–H and O–H groups in total. The normalized spacial score (nSPS) is 15.6. The molecule has 0 bridgehead atoms. The van der Waals surface area contributed by atoms with Crippen LogP contribution >= 0.6 is 23.5 Å². The second-order valence-corrected chi connectivity index (χ2v) is 7.80. The van der Waals surface area contributed by atoms with Gasteiger partial charge in [0.15, 0.2) is 0 Å². The van der Waals surface area contributed by atoms with Crippen LogP contribution < -0.4 is 0 Å². The van der Waals surface area contributed by atoms with Gasteiger partial charge in [-0.25, -0.2) is 0 Å². The van der Waals surface area contributed by atoms with Crippen LogP contribution in [-0.2, 0) is 4.74 Å². The van der Waals surface area contributed by atoms with E-state index in [2.05, 4.69) is 0 Å². The Kier molecular flexibility index (Phi) is 7.25. The summed E-state index contributed by atoms with van der Waals surface area (Å²) in [5.41, 5.74) is -0.824. The highest BCUT2D eigenvalue weighted by atomic mass is 32.2. The molecule has 2 atom stereocenters. The van der Waals surface area contributed by atoms with Gasteiger partial charge in [-0.15, -0.1) is 0 Å². The van der Waals surface area contributed by atoms with Crippen molar-refractivity contribution in [1.82, 2.24) is 0 Å². The van der Waals surface area contributed by atoms with Crippen LogP contribution in [-0.4, -0.2) is 28.3 Å². The highest BCUT2D eigenvalue weighted by molar-refractivity contribution is 8.01. The molecule has 136 valence electrons. The fraction of sp³-hybridized carbons (Fsp3) is 0.333. The molecular weight excluding hydrogens is 369 g/mol. The van der Waals surface area contributed by atoms with E-state index < -0.39 is 23.0 Å². The molecule has 0 unspecified atom stereocenters. The molecule has 0 aliphatic rings. The molecule has 0 saturated carbocycles. The fourth-order valence-corrected chi connectivity index (χ4v) is 4.38. The zero-order chi connectivity index (χ0) is 18.3. The van der Waals surface area contributed by atoms with Crippen molar-refractivity contribution in [3.05, 3.63) is 60.7 Å². The SMILES string of the molecule is CCO[C@H](C[C@](O)(Sc1ccccc1)C(F)(F)F)Sc1ccccc1. The Balaban J connectivity index is 2.20. The molecule has 0 saturated heterocycles. The molecule has 0 aliphatic heterocycles. The summed E-state index contributed by atoms with van der Waals surface area (Å²) in [6.45, 7) is 1.98. The first-order chi connectivity index (χ1) is 11.8. The average molecular weight is 388 g/mol. The smallest absolute Gasteiger partial charge is 0.371 e. The van der Waals surface area contributed by atoms with Crippen LogP contribution in [0.2, 0.25) is 0 Å². The number of halogens is 3. The molecule has 0 spiro atoms. The van der Waals surface area contributed by atoms with Gasteiger partial charge in [-0.2, -0.15) is 13.2 Å². The van der Waals surface area contributed by atoms with Gasteiger partial charge in [-0.1, -0.05) is 59.9 Å². The standard InChI is InChI=1S/C18H19F3O2S2/c1-2-23-16(24-14-9-5-3-6-10-14)13-17(22,18(19,20)21)25-15-11-7-4-8-12-15/h3-12,16,22H,2,13H2,1H3/t16-,17-/m0/s1. The molecule has 2 nitrogen and oxygen atoms in total. The monoisotopic (exact) mass is 388 g/mol. The van der Waals surface area contributed by atoms with Crippen LogP contribution in [0, 0.1) is 0 Å². The predicted octanol–water partition coefficient (Wildman–Crippen LogP) is 5.57. The maximum absolute atomic E-state index is 13.6. The molecule has 2 aromatic rings. The molecule has 0 radical (unpaired) electrons. The summed E-state index contributed by atoms with van der Waals surface area (Å²) in [6, 6.07) is 17.1. The molecule has 0 heterocycles. The van der Waals surface area contributed by atoms with Crippen LogP contribution in [0.25, 0.3) is 0 Å². The molecule has 0 aromatic heterocycles. The number of hydrogen-bond donors (Lipinski definition) is 1. The van der Waals surface area contributed by atoms with E-state index in [0.717, 1.165) is 4.90 Å². The van der Waals surface area contributed by atoms with Crippen LogP contribution in [0.4, 0.5) is 13.2 Å². The maximum Gasteiger partial charge on any atom is 0.427 e. The summed E-state index contributed by atoms with van der Waals surface area (Å²) in [7, 11) is 0. The lowest BCUT2D eigenvalue weighted by atomic mass is 10.2. The fourth-order valence-electron chi connectivity index (χ4n) is 2.10. The van der Waals surface area contributed by atoms with E-state index in [9.17, 15) is 18.3 Å². The van der Waals surface area contributed by atoms with Crippen molar-refractivity contribution in [3.8, 4) is 0 Å². The van der Waals surface area contributed by atoms with E-state index in [1.807, 2.05) is 6.07 Å². The van der Waals surface area contributed by atoms with E-state index >= 15 is 0 Å². The summed E-state index contributed by atoms with van der Waals surface area (Å²) in [5, 5.41) is 10.4. The number of rotatable bonds is 8. The Morgan fingerprint density at radius 1 is 0.960 bits per heavy atom. The first-order valence-electron chi connectivity index (χ1n) is 7.70. The van der Waals surface area contributed by atoms with E-state index in [0.29, 0.717) is 16.7 Å². The minimum atomic E-state index is -4.79. The number of thioether (sulfide) groups is 2. The van der Waals surface area contributed by atoms with Crippen molar-refractivity contribution in [2.75, 3.05) is 6.61 Å². The zero-order valence-corrected chi connectivity index (χ0v) is 15.2. The lowest BCUT2D eigenvalue weighted by molar-refractivity contribution is -0.226. The van der Waals surface area contributed by atoms with Crippen LogP contribution in [0.1, 0.15) is 13.3 Å². The van der Waals surface area contributed by atoms with Gasteiger partial charge in [-0.05, 0) is 31.2 Å². The third-order valence-electron chi connectivity index (χ3n) is 3.28. The summed E-state index contributed by atoms with van der Waals surface area (Å²) in [5.74, 6) is 0. The number of ether oxygens (including phenoxy) is 1. The predicted molar refractivity (Wildman–Crippen MR) is 95.6 cm³/mol. The van der Waals surface area contributed by atoms with Crippen molar-refractivity contribution >= 4 is 23.5 Å². The minimum absolute atomic E-state index is 0.258. The topological polar surface area (TPSA) is 29.5 Å². The molecular formula is C18H19F3O2S2. The number of hydrogen-bond acceptors (Lipinski definition) is 4. The quantitative estimate of drug-likeness (QED) is 0.473. The molecule has 7 heteroatoms. The third kappa shape index (κ3) is 5.95. The first kappa shape index (κ1) is 20.2. The maximum atomic E-state index is 13.6. The Hall–Kier alpha value is -1.15. The Morgan fingerprint density at radius 3 is 1.96 bits per heavy atom. The number of alkyl halides is 3. The number of benzene rings is 2. The molecule has 0 aliphatic carbocycles. The van der Waals surface area contributed by atoms with Crippen molar-refractivity contribution in [1.29, 1.82) is 0 Å². The average Bonchev–Trinajstić information content (AvgIpc) is 2.56. The van der Waals surface area contributed by atoms with E-state index in [1.54, 1.807) is 61.5 Å². The summed E-state index contributed by atoms with van der Waals surface area (Å²) in [4.78, 5) is -1.80. The van der Waals surface area contributed by atoms with Gasteiger partial charge in [0.25, 0.3) is 0 Å². The zero-order valence-electron chi connectivity index (χ0n) is 13.6. The van der Waals surface area contributed by atoms with Crippen molar-refractivity contribution in [3.63, 3.8) is 0 Å². The summed E-state index contributed by atoms with van der Waals surface area (Å²) >= 11 is 1.57. The largest absolute Gasteiger partial charge is 0.427 e. The molecule has 25 heavy (non-hydrogen) atoms. The van der Waals surface area contributed by atoms with Gasteiger partial charge in [-0.3, -0.25) is 0 Å². The lowest BCUT2D eigenvalue weighted by Gasteiger charge is -2.32. The second-order valence-electron chi connectivity index (χ2n) is 5.22. The molecule has 0 fully saturated rings. The van der Waals surface area contributed by atoms with Crippen LogP contribution in [0.15, 0.2) is 70.5 Å². The highest BCUT2D eigenvalue weighted by Gasteiger charge is 2.55. The molecule has 0 amide bonds. The van der Waals surface area contributed by atoms with Gasteiger partial charge in [0.2, 0.25) is 4.93 Å². The Morgan fingerprint density at radius 2 is 1.48 bits per heavy atom. The summed E-state index contributed by atoms with van der Waals surface area (Å²) in [6.07, 6.45) is -5.37. The lowest BCUT2D eigenvalue weighted by Crippen LogP contribution is -2.44. The number of aliphatic hydroxyl groups is 1. The van der Waals surface area contributed by atoms with Crippen molar-refractivity contribution in [2.24, 2.45) is 0 Å². The van der Waals surface area contributed by atoms with Crippen LogP contribution in [0.5, 0.6) is 0 Å². The first-order valence-corrected chi connectivity index (χ1v) is 9.40. The van der Waals surface area contributed by atoms with Gasteiger partial charge < -0.3 is 9.84 Å². The Labute approximate surface area is 153 Å². The van der Waals surface area contributed by atoms with Gasteiger partial charge in [0.1, 0.15) is 5.44 Å². The van der Waals surface area contributed by atoms with E-state index in [1.165, 1.54) is 11.8 Å². The summed E-state index contributed by atoms with van der Waals surface area (Å²) < 4.78 is 46.2.